The van der Waals surface area contributed by atoms with E-state index in [0.717, 1.165) is 29.5 Å². The van der Waals surface area contributed by atoms with Crippen molar-refractivity contribution in [3.8, 4) is 11.4 Å². The van der Waals surface area contributed by atoms with Gasteiger partial charge in [0.2, 0.25) is 0 Å². The second-order valence-electron chi connectivity index (χ2n) is 4.76. The number of aromatic nitrogens is 2. The van der Waals surface area contributed by atoms with Crippen molar-refractivity contribution in [2.75, 3.05) is 0 Å². The van der Waals surface area contributed by atoms with Crippen molar-refractivity contribution in [3.05, 3.63) is 47.8 Å². The van der Waals surface area contributed by atoms with Gasteiger partial charge >= 0.3 is 5.97 Å². The lowest BCUT2D eigenvalue weighted by Crippen LogP contribution is -1.97. The Morgan fingerprint density at radius 2 is 1.70 bits per heavy atom. The lowest BCUT2D eigenvalue weighted by molar-refractivity contribution is -0.136. The van der Waals surface area contributed by atoms with Crippen molar-refractivity contribution in [1.29, 1.82) is 0 Å². The van der Waals surface area contributed by atoms with Gasteiger partial charge in [0.1, 0.15) is 0 Å². The predicted octanol–water partition coefficient (Wildman–Crippen LogP) is 3.11. The number of carboxylic acids is 1. The number of rotatable bonds is 6. The van der Waals surface area contributed by atoms with E-state index in [1.807, 2.05) is 36.7 Å². The molecule has 0 fully saturated rings. The van der Waals surface area contributed by atoms with Gasteiger partial charge in [-0.3, -0.25) is 4.79 Å². The minimum Gasteiger partial charge on any atom is -0.481 e. The van der Waals surface area contributed by atoms with Crippen LogP contribution in [0, 0.1) is 0 Å². The fourth-order valence-corrected chi connectivity index (χ4v) is 1.99. The van der Waals surface area contributed by atoms with E-state index in [2.05, 4.69) is 16.9 Å². The molecule has 0 amide bonds. The van der Waals surface area contributed by atoms with Crippen molar-refractivity contribution < 1.29 is 9.90 Å². The van der Waals surface area contributed by atoms with E-state index in [-0.39, 0.29) is 6.42 Å². The van der Waals surface area contributed by atoms with Gasteiger partial charge in [-0.1, -0.05) is 37.6 Å². The van der Waals surface area contributed by atoms with Crippen molar-refractivity contribution in [2.24, 2.45) is 0 Å². The Balaban J connectivity index is 2.07. The van der Waals surface area contributed by atoms with E-state index in [9.17, 15) is 4.79 Å². The lowest BCUT2D eigenvalue weighted by atomic mass is 10.1. The van der Waals surface area contributed by atoms with Crippen LogP contribution in [0.1, 0.15) is 30.9 Å². The number of aliphatic carboxylic acids is 1. The van der Waals surface area contributed by atoms with E-state index < -0.39 is 5.97 Å². The molecule has 0 bridgehead atoms. The Morgan fingerprint density at radius 1 is 1.05 bits per heavy atom. The van der Waals surface area contributed by atoms with Crippen molar-refractivity contribution in [2.45, 2.75) is 32.6 Å². The van der Waals surface area contributed by atoms with E-state index in [1.54, 1.807) is 0 Å². The summed E-state index contributed by atoms with van der Waals surface area (Å²) in [6.45, 7) is 2.13. The number of aryl methyl sites for hydroxylation is 2. The van der Waals surface area contributed by atoms with Crippen LogP contribution in [0.25, 0.3) is 11.4 Å². The second-order valence-corrected chi connectivity index (χ2v) is 4.76. The highest BCUT2D eigenvalue weighted by Crippen LogP contribution is 2.16. The molecule has 0 atom stereocenters. The smallest absolute Gasteiger partial charge is 0.303 e. The molecule has 4 nitrogen and oxygen atoms in total. The van der Waals surface area contributed by atoms with E-state index in [0.29, 0.717) is 12.2 Å². The van der Waals surface area contributed by atoms with Gasteiger partial charge < -0.3 is 5.11 Å². The molecule has 1 aromatic carbocycles. The number of benzene rings is 1. The third kappa shape index (κ3) is 3.88. The highest BCUT2D eigenvalue weighted by Gasteiger charge is 2.03. The molecule has 1 N–H and O–H groups in total. The van der Waals surface area contributed by atoms with Crippen LogP contribution < -0.4 is 0 Å². The van der Waals surface area contributed by atoms with Crippen LogP contribution in [0.3, 0.4) is 0 Å². The molecule has 0 aliphatic carbocycles. The van der Waals surface area contributed by atoms with Crippen LogP contribution in [0.2, 0.25) is 0 Å². The van der Waals surface area contributed by atoms with E-state index >= 15 is 0 Å². The first kappa shape index (κ1) is 14.2. The Labute approximate surface area is 118 Å². The summed E-state index contributed by atoms with van der Waals surface area (Å²) in [5.74, 6) is -0.0708. The van der Waals surface area contributed by atoms with Crippen molar-refractivity contribution in [3.63, 3.8) is 0 Å². The molecule has 0 aliphatic heterocycles. The highest BCUT2D eigenvalue weighted by molar-refractivity contribution is 5.67. The molecule has 1 heterocycles. The standard InChI is InChI=1S/C16H18N2O2/c1-2-3-13-10-17-16(18-11-13)14-7-4-12(5-8-14)6-9-15(19)20/h4-5,7-8,10-11H,2-3,6,9H2,1H3,(H,19,20). The van der Waals surface area contributed by atoms with Gasteiger partial charge in [0.15, 0.2) is 5.82 Å². The average Bonchev–Trinajstić information content (AvgIpc) is 2.47. The highest BCUT2D eigenvalue weighted by atomic mass is 16.4. The summed E-state index contributed by atoms with van der Waals surface area (Å²) < 4.78 is 0. The fraction of sp³-hybridized carbons (Fsp3) is 0.312. The van der Waals surface area contributed by atoms with Gasteiger partial charge in [-0.2, -0.15) is 0 Å². The normalized spacial score (nSPS) is 10.4. The molecule has 0 saturated heterocycles. The van der Waals surface area contributed by atoms with Gasteiger partial charge in [-0.25, -0.2) is 9.97 Å². The van der Waals surface area contributed by atoms with Crippen LogP contribution >= 0.6 is 0 Å². The number of hydrogen-bond donors (Lipinski definition) is 1. The summed E-state index contributed by atoms with van der Waals surface area (Å²) in [6.07, 6.45) is 6.51. The van der Waals surface area contributed by atoms with E-state index in [1.165, 1.54) is 0 Å². The van der Waals surface area contributed by atoms with Gasteiger partial charge in [-0.15, -0.1) is 0 Å². The first-order valence-electron chi connectivity index (χ1n) is 6.81. The Kier molecular flexibility index (Phi) is 4.82. The van der Waals surface area contributed by atoms with Crippen molar-refractivity contribution >= 4 is 5.97 Å². The minimum atomic E-state index is -0.774. The van der Waals surface area contributed by atoms with Crippen LogP contribution in [0.5, 0.6) is 0 Å². The second kappa shape index (κ2) is 6.80. The van der Waals surface area contributed by atoms with Crippen LogP contribution in [-0.2, 0) is 17.6 Å². The van der Waals surface area contributed by atoms with Crippen molar-refractivity contribution in [1.82, 2.24) is 9.97 Å². The molecule has 20 heavy (non-hydrogen) atoms. The molecule has 4 heteroatoms. The Morgan fingerprint density at radius 3 is 2.25 bits per heavy atom. The molecule has 0 unspecified atom stereocenters. The molecule has 0 aliphatic rings. The maximum absolute atomic E-state index is 10.5. The summed E-state index contributed by atoms with van der Waals surface area (Å²) in [4.78, 5) is 19.3. The monoisotopic (exact) mass is 270 g/mol. The number of carboxylic acid groups (broad SMARTS) is 1. The molecule has 1 aromatic heterocycles. The molecule has 104 valence electrons. The Hall–Kier alpha value is -2.23. The van der Waals surface area contributed by atoms with Gasteiger partial charge in [0.25, 0.3) is 0 Å². The molecular formula is C16H18N2O2. The maximum atomic E-state index is 10.5. The Bertz CT molecular complexity index is 562. The molecule has 2 aromatic rings. The summed E-state index contributed by atoms with van der Waals surface area (Å²) >= 11 is 0. The minimum absolute atomic E-state index is 0.154. The molecule has 0 saturated carbocycles. The quantitative estimate of drug-likeness (QED) is 0.876. The van der Waals surface area contributed by atoms with Crippen LogP contribution in [0.15, 0.2) is 36.7 Å². The number of hydrogen-bond acceptors (Lipinski definition) is 3. The summed E-state index contributed by atoms with van der Waals surface area (Å²) in [5, 5.41) is 8.66. The zero-order valence-electron chi connectivity index (χ0n) is 11.5. The van der Waals surface area contributed by atoms with Gasteiger partial charge in [-0.05, 0) is 24.0 Å². The topological polar surface area (TPSA) is 63.1 Å². The third-order valence-corrected chi connectivity index (χ3v) is 3.08. The number of carbonyl (C=O) groups is 1. The summed E-state index contributed by atoms with van der Waals surface area (Å²) in [7, 11) is 0. The first-order chi connectivity index (χ1) is 9.69. The fourth-order valence-electron chi connectivity index (χ4n) is 1.99. The SMILES string of the molecule is CCCc1cnc(-c2ccc(CCC(=O)O)cc2)nc1. The third-order valence-electron chi connectivity index (χ3n) is 3.08. The van der Waals surface area contributed by atoms with E-state index in [4.69, 9.17) is 5.11 Å². The lowest BCUT2D eigenvalue weighted by Gasteiger charge is -2.03. The van der Waals surface area contributed by atoms with Crippen LogP contribution in [0.4, 0.5) is 0 Å². The molecule has 2 rings (SSSR count). The predicted molar refractivity (Wildman–Crippen MR) is 77.4 cm³/mol. The molecule has 0 spiro atoms. The molecular weight excluding hydrogens is 252 g/mol. The molecule has 0 radical (unpaired) electrons. The van der Waals surface area contributed by atoms with Crippen LogP contribution in [-0.4, -0.2) is 21.0 Å². The van der Waals surface area contributed by atoms with Gasteiger partial charge in [0.05, 0.1) is 0 Å². The van der Waals surface area contributed by atoms with Gasteiger partial charge in [0, 0.05) is 24.4 Å². The first-order valence-corrected chi connectivity index (χ1v) is 6.81. The zero-order valence-corrected chi connectivity index (χ0v) is 11.5. The largest absolute Gasteiger partial charge is 0.481 e. The number of nitrogens with zero attached hydrogens (tertiary/aromatic N) is 2. The summed E-state index contributed by atoms with van der Waals surface area (Å²) in [6, 6.07) is 7.74. The summed E-state index contributed by atoms with van der Waals surface area (Å²) in [5.41, 5.74) is 3.11. The maximum Gasteiger partial charge on any atom is 0.303 e. The average molecular weight is 270 g/mol. The zero-order chi connectivity index (χ0) is 14.4.